The summed E-state index contributed by atoms with van der Waals surface area (Å²) in [5, 5.41) is 8.27. The molecule has 0 aliphatic carbocycles. The van der Waals surface area contributed by atoms with Gasteiger partial charge < -0.3 is 5.73 Å². The maximum atomic E-state index is 8.27. The maximum Gasteiger partial charge on any atom is 0.0663 e. The second-order valence-electron chi connectivity index (χ2n) is 2.27. The first-order valence-electron chi connectivity index (χ1n) is 3.57. The molecule has 0 fully saturated rings. The molecule has 1 heterocycles. The highest BCUT2D eigenvalue weighted by Gasteiger charge is 1.90. The lowest BCUT2D eigenvalue weighted by Crippen LogP contribution is -1.88. The molecular weight excluding hydrogens is 150 g/mol. The molecule has 60 valence electrons. The first-order chi connectivity index (χ1) is 5.84. The fourth-order valence-corrected chi connectivity index (χ4v) is 0.795. The summed E-state index contributed by atoms with van der Waals surface area (Å²) in [4.78, 5) is 3.91. The Morgan fingerprint density at radius 2 is 2.50 bits per heavy atom. The van der Waals surface area contributed by atoms with Crippen LogP contribution in [0.2, 0.25) is 0 Å². The highest BCUT2D eigenvalue weighted by molar-refractivity contribution is 5.62. The predicted octanol–water partition coefficient (Wildman–Crippen LogP) is 1.59. The summed E-state index contributed by atoms with van der Waals surface area (Å²) < 4.78 is 0. The van der Waals surface area contributed by atoms with E-state index in [0.717, 1.165) is 5.56 Å². The fourth-order valence-electron chi connectivity index (χ4n) is 0.795. The molecule has 0 aromatic carbocycles. The lowest BCUT2D eigenvalue weighted by molar-refractivity contribution is 1.31. The standard InChI is InChI=1S/C9H9N3/c10-5-2-1-3-8-7-12-6-4-9(8)11/h1,3-4,6-7H,2H2,(H2,11,12). The number of nitrogens with zero attached hydrogens (tertiary/aromatic N) is 2. The van der Waals surface area contributed by atoms with Crippen LogP contribution < -0.4 is 5.73 Å². The lowest BCUT2D eigenvalue weighted by atomic mass is 10.2. The Morgan fingerprint density at radius 3 is 3.17 bits per heavy atom. The average molecular weight is 159 g/mol. The molecule has 0 aliphatic rings. The summed E-state index contributed by atoms with van der Waals surface area (Å²) in [5.41, 5.74) is 7.16. The molecule has 0 saturated carbocycles. The van der Waals surface area contributed by atoms with Gasteiger partial charge in [0.1, 0.15) is 0 Å². The number of rotatable bonds is 2. The SMILES string of the molecule is N#CCC=Cc1cnccc1N. The Balaban J connectivity index is 2.77. The second kappa shape index (κ2) is 4.14. The Labute approximate surface area is 71.2 Å². The largest absolute Gasteiger partial charge is 0.398 e. The average Bonchev–Trinajstić information content (AvgIpc) is 2.09. The van der Waals surface area contributed by atoms with E-state index in [2.05, 4.69) is 4.98 Å². The molecule has 1 aromatic heterocycles. The smallest absolute Gasteiger partial charge is 0.0663 e. The number of aromatic nitrogens is 1. The number of anilines is 1. The molecule has 3 nitrogen and oxygen atoms in total. The van der Waals surface area contributed by atoms with Gasteiger partial charge in [0.2, 0.25) is 0 Å². The number of allylic oxidation sites excluding steroid dienone is 1. The van der Waals surface area contributed by atoms with Crippen LogP contribution in [0.25, 0.3) is 6.08 Å². The molecule has 0 unspecified atom stereocenters. The van der Waals surface area contributed by atoms with Gasteiger partial charge in [-0.1, -0.05) is 12.2 Å². The molecule has 0 saturated heterocycles. The molecule has 0 atom stereocenters. The monoisotopic (exact) mass is 159 g/mol. The normalized spacial score (nSPS) is 9.92. The van der Waals surface area contributed by atoms with Crippen molar-refractivity contribution in [2.45, 2.75) is 6.42 Å². The van der Waals surface area contributed by atoms with Gasteiger partial charge in [0.05, 0.1) is 12.5 Å². The van der Waals surface area contributed by atoms with Crippen molar-refractivity contribution >= 4 is 11.8 Å². The zero-order valence-corrected chi connectivity index (χ0v) is 6.57. The number of pyridine rings is 1. The second-order valence-corrected chi connectivity index (χ2v) is 2.27. The summed E-state index contributed by atoms with van der Waals surface area (Å²) in [7, 11) is 0. The van der Waals surface area contributed by atoms with Crippen molar-refractivity contribution < 1.29 is 0 Å². The van der Waals surface area contributed by atoms with Gasteiger partial charge in [0, 0.05) is 23.6 Å². The van der Waals surface area contributed by atoms with E-state index in [4.69, 9.17) is 11.0 Å². The highest BCUT2D eigenvalue weighted by atomic mass is 14.7. The van der Waals surface area contributed by atoms with Crippen LogP contribution in [0.15, 0.2) is 24.5 Å². The van der Waals surface area contributed by atoms with Crippen LogP contribution in [-0.4, -0.2) is 4.98 Å². The Hall–Kier alpha value is -1.82. The number of nitrogens with two attached hydrogens (primary N) is 1. The quantitative estimate of drug-likeness (QED) is 0.712. The third-order valence-corrected chi connectivity index (χ3v) is 1.39. The van der Waals surface area contributed by atoms with Gasteiger partial charge in [-0.3, -0.25) is 4.98 Å². The van der Waals surface area contributed by atoms with Crippen molar-refractivity contribution in [1.29, 1.82) is 5.26 Å². The van der Waals surface area contributed by atoms with Gasteiger partial charge in [0.15, 0.2) is 0 Å². The minimum absolute atomic E-state index is 0.397. The molecule has 1 rings (SSSR count). The first-order valence-corrected chi connectivity index (χ1v) is 3.57. The van der Waals surface area contributed by atoms with Gasteiger partial charge in [-0.2, -0.15) is 5.26 Å². The Bertz CT molecular complexity index is 323. The minimum Gasteiger partial charge on any atom is -0.398 e. The fraction of sp³-hybridized carbons (Fsp3) is 0.111. The summed E-state index contributed by atoms with van der Waals surface area (Å²) in [5.74, 6) is 0. The molecular formula is C9H9N3. The highest BCUT2D eigenvalue weighted by Crippen LogP contribution is 2.10. The van der Waals surface area contributed by atoms with Gasteiger partial charge in [-0.25, -0.2) is 0 Å². The van der Waals surface area contributed by atoms with E-state index in [0.29, 0.717) is 12.1 Å². The molecule has 3 heteroatoms. The summed E-state index contributed by atoms with van der Waals surface area (Å²) in [6.45, 7) is 0. The van der Waals surface area contributed by atoms with Crippen molar-refractivity contribution in [2.24, 2.45) is 0 Å². The summed E-state index contributed by atoms with van der Waals surface area (Å²) in [6.07, 6.45) is 7.26. The number of hydrogen-bond donors (Lipinski definition) is 1. The van der Waals surface area contributed by atoms with Crippen LogP contribution in [-0.2, 0) is 0 Å². The molecule has 2 N–H and O–H groups in total. The predicted molar refractivity (Wildman–Crippen MR) is 47.9 cm³/mol. The van der Waals surface area contributed by atoms with E-state index in [-0.39, 0.29) is 0 Å². The third-order valence-electron chi connectivity index (χ3n) is 1.39. The summed E-state index contributed by atoms with van der Waals surface area (Å²) >= 11 is 0. The van der Waals surface area contributed by atoms with Gasteiger partial charge in [-0.15, -0.1) is 0 Å². The Kier molecular flexibility index (Phi) is 2.86. The van der Waals surface area contributed by atoms with Crippen LogP contribution in [0.4, 0.5) is 5.69 Å². The van der Waals surface area contributed by atoms with E-state index in [1.807, 2.05) is 6.07 Å². The van der Waals surface area contributed by atoms with Gasteiger partial charge in [-0.05, 0) is 6.07 Å². The Morgan fingerprint density at radius 1 is 1.67 bits per heavy atom. The topological polar surface area (TPSA) is 62.7 Å². The zero-order valence-electron chi connectivity index (χ0n) is 6.57. The van der Waals surface area contributed by atoms with Gasteiger partial charge >= 0.3 is 0 Å². The van der Waals surface area contributed by atoms with Crippen LogP contribution in [0.1, 0.15) is 12.0 Å². The zero-order chi connectivity index (χ0) is 8.81. The molecule has 0 bridgehead atoms. The van der Waals surface area contributed by atoms with Crippen LogP contribution in [0.5, 0.6) is 0 Å². The number of nitrogen functional groups attached to an aromatic ring is 1. The first kappa shape index (κ1) is 8.28. The molecule has 12 heavy (non-hydrogen) atoms. The number of hydrogen-bond acceptors (Lipinski definition) is 3. The van der Waals surface area contributed by atoms with Crippen molar-refractivity contribution in [3.05, 3.63) is 30.1 Å². The molecule has 0 aliphatic heterocycles. The van der Waals surface area contributed by atoms with E-state index in [1.54, 1.807) is 30.6 Å². The van der Waals surface area contributed by atoms with Gasteiger partial charge in [0.25, 0.3) is 0 Å². The van der Waals surface area contributed by atoms with Crippen LogP contribution in [0.3, 0.4) is 0 Å². The van der Waals surface area contributed by atoms with Crippen molar-refractivity contribution in [1.82, 2.24) is 4.98 Å². The molecule has 0 spiro atoms. The van der Waals surface area contributed by atoms with E-state index in [9.17, 15) is 0 Å². The molecule has 0 amide bonds. The van der Waals surface area contributed by atoms with E-state index in [1.165, 1.54) is 0 Å². The van der Waals surface area contributed by atoms with Crippen molar-refractivity contribution in [3.8, 4) is 6.07 Å². The molecule has 0 radical (unpaired) electrons. The van der Waals surface area contributed by atoms with E-state index >= 15 is 0 Å². The van der Waals surface area contributed by atoms with Crippen LogP contribution in [0, 0.1) is 11.3 Å². The third kappa shape index (κ3) is 2.10. The van der Waals surface area contributed by atoms with E-state index < -0.39 is 0 Å². The summed E-state index contributed by atoms with van der Waals surface area (Å²) in [6, 6.07) is 3.74. The lowest BCUT2D eigenvalue weighted by Gasteiger charge is -1.95. The maximum absolute atomic E-state index is 8.27. The van der Waals surface area contributed by atoms with Crippen LogP contribution >= 0.6 is 0 Å². The minimum atomic E-state index is 0.397. The van der Waals surface area contributed by atoms with Crippen molar-refractivity contribution in [2.75, 3.05) is 5.73 Å². The number of nitriles is 1. The van der Waals surface area contributed by atoms with Crippen molar-refractivity contribution in [3.63, 3.8) is 0 Å². The molecule has 1 aromatic rings.